The number of nitrogens with zero attached hydrogens (tertiary/aromatic N) is 3. The Kier molecular flexibility index (Phi) is 4.25. The number of carboxylic acids is 1. The number of carbonyl (C=O) groups is 2. The van der Waals surface area contributed by atoms with Crippen LogP contribution in [0.4, 0.5) is 10.6 Å². The van der Waals surface area contributed by atoms with E-state index in [2.05, 4.69) is 20.8 Å². The van der Waals surface area contributed by atoms with Gasteiger partial charge in [0.05, 0.1) is 6.20 Å². The van der Waals surface area contributed by atoms with E-state index in [1.807, 2.05) is 6.92 Å². The van der Waals surface area contributed by atoms with Gasteiger partial charge in [-0.2, -0.15) is 9.90 Å². The molecule has 1 rings (SSSR count). The van der Waals surface area contributed by atoms with Crippen molar-refractivity contribution < 1.29 is 14.7 Å². The molecule has 0 bridgehead atoms. The van der Waals surface area contributed by atoms with Gasteiger partial charge in [0.25, 0.3) is 0 Å². The summed E-state index contributed by atoms with van der Waals surface area (Å²) in [6.07, 6.45) is 2.12. The minimum atomic E-state index is -1.04. The molecule has 88 valence electrons. The highest BCUT2D eigenvalue weighted by atomic mass is 16.4. The van der Waals surface area contributed by atoms with Crippen molar-refractivity contribution >= 4 is 17.8 Å². The van der Waals surface area contributed by atoms with Gasteiger partial charge in [0, 0.05) is 6.54 Å². The number of carboxylic acid groups (broad SMARTS) is 1. The fraction of sp³-hybridized carbons (Fsp3) is 0.500. The SMILES string of the molecule is CCCNC(=O)Nc1cnn(CC(=O)O)n1. The third-order valence-electron chi connectivity index (χ3n) is 1.59. The molecule has 0 saturated heterocycles. The fourth-order valence-corrected chi connectivity index (χ4v) is 0.951. The van der Waals surface area contributed by atoms with Gasteiger partial charge >= 0.3 is 12.0 Å². The maximum absolute atomic E-state index is 11.2. The van der Waals surface area contributed by atoms with Crippen molar-refractivity contribution in [3.8, 4) is 0 Å². The van der Waals surface area contributed by atoms with Gasteiger partial charge in [0.1, 0.15) is 0 Å². The Labute approximate surface area is 91.6 Å². The van der Waals surface area contributed by atoms with Crippen LogP contribution in [0.15, 0.2) is 6.20 Å². The zero-order valence-corrected chi connectivity index (χ0v) is 8.80. The molecule has 1 aromatic rings. The molecule has 1 heterocycles. The Morgan fingerprint density at radius 1 is 1.56 bits per heavy atom. The number of carbonyl (C=O) groups excluding carboxylic acids is 1. The first kappa shape index (κ1) is 12.0. The topological polar surface area (TPSA) is 109 Å². The van der Waals surface area contributed by atoms with Gasteiger partial charge in [-0.15, -0.1) is 5.10 Å². The number of amides is 2. The summed E-state index contributed by atoms with van der Waals surface area (Å²) in [5.74, 6) is -0.826. The lowest BCUT2D eigenvalue weighted by Gasteiger charge is -2.02. The number of urea groups is 1. The summed E-state index contributed by atoms with van der Waals surface area (Å²) in [7, 11) is 0. The van der Waals surface area contributed by atoms with Gasteiger partial charge in [0.15, 0.2) is 12.4 Å². The standard InChI is InChI=1S/C8H13N5O3/c1-2-3-9-8(16)11-6-4-10-13(12-6)5-7(14)15/h4H,2-3,5H2,1H3,(H,14,15)(H2,9,11,12,16). The van der Waals surface area contributed by atoms with Crippen LogP contribution in [0.25, 0.3) is 0 Å². The van der Waals surface area contributed by atoms with Gasteiger partial charge in [-0.05, 0) is 6.42 Å². The third-order valence-corrected chi connectivity index (χ3v) is 1.59. The molecule has 0 spiro atoms. The average molecular weight is 227 g/mol. The number of aliphatic carboxylic acids is 1. The number of rotatable bonds is 5. The number of hydrogen-bond acceptors (Lipinski definition) is 4. The van der Waals surface area contributed by atoms with Crippen molar-refractivity contribution in [3.63, 3.8) is 0 Å². The summed E-state index contributed by atoms with van der Waals surface area (Å²) in [5, 5.41) is 20.9. The molecule has 16 heavy (non-hydrogen) atoms. The van der Waals surface area contributed by atoms with E-state index in [1.165, 1.54) is 6.20 Å². The molecule has 2 amide bonds. The largest absolute Gasteiger partial charge is 0.480 e. The molecule has 0 aliphatic carbocycles. The van der Waals surface area contributed by atoms with Crippen LogP contribution >= 0.6 is 0 Å². The Bertz CT molecular complexity index is 376. The van der Waals surface area contributed by atoms with Crippen LogP contribution in [-0.2, 0) is 11.3 Å². The van der Waals surface area contributed by atoms with Crippen LogP contribution in [0.1, 0.15) is 13.3 Å². The minimum absolute atomic E-state index is 0.217. The van der Waals surface area contributed by atoms with E-state index in [1.54, 1.807) is 0 Å². The molecular formula is C8H13N5O3. The van der Waals surface area contributed by atoms with E-state index in [0.717, 1.165) is 11.2 Å². The second-order valence-electron chi connectivity index (χ2n) is 3.03. The van der Waals surface area contributed by atoms with Crippen LogP contribution in [0, 0.1) is 0 Å². The summed E-state index contributed by atoms with van der Waals surface area (Å²) in [4.78, 5) is 22.5. The first-order chi connectivity index (χ1) is 7.61. The van der Waals surface area contributed by atoms with Crippen LogP contribution in [0.5, 0.6) is 0 Å². The lowest BCUT2D eigenvalue weighted by atomic mass is 10.5. The Morgan fingerprint density at radius 3 is 2.94 bits per heavy atom. The first-order valence-electron chi connectivity index (χ1n) is 4.78. The monoisotopic (exact) mass is 227 g/mol. The highest BCUT2D eigenvalue weighted by Crippen LogP contribution is 1.98. The Hall–Kier alpha value is -2.12. The maximum Gasteiger partial charge on any atom is 0.327 e. The molecule has 0 saturated carbocycles. The maximum atomic E-state index is 11.2. The predicted octanol–water partition coefficient (Wildman–Crippen LogP) is -0.106. The van der Waals surface area contributed by atoms with E-state index in [4.69, 9.17) is 5.11 Å². The second-order valence-corrected chi connectivity index (χ2v) is 3.03. The third kappa shape index (κ3) is 3.95. The number of hydrogen-bond donors (Lipinski definition) is 3. The summed E-state index contributed by atoms with van der Waals surface area (Å²) >= 11 is 0. The zero-order chi connectivity index (χ0) is 12.0. The van der Waals surface area contributed by atoms with Crippen LogP contribution < -0.4 is 10.6 Å². The summed E-state index contributed by atoms with van der Waals surface area (Å²) in [6, 6.07) is -0.385. The predicted molar refractivity (Wildman–Crippen MR) is 55.0 cm³/mol. The minimum Gasteiger partial charge on any atom is -0.480 e. The molecule has 0 fully saturated rings. The van der Waals surface area contributed by atoms with Crippen molar-refractivity contribution in [3.05, 3.63) is 6.20 Å². The van der Waals surface area contributed by atoms with Crippen molar-refractivity contribution in [2.45, 2.75) is 19.9 Å². The lowest BCUT2D eigenvalue weighted by molar-refractivity contribution is -0.138. The van der Waals surface area contributed by atoms with Crippen molar-refractivity contribution in [1.82, 2.24) is 20.3 Å². The second kappa shape index (κ2) is 5.69. The summed E-state index contributed by atoms with van der Waals surface area (Å²) in [5.41, 5.74) is 0. The molecule has 0 aliphatic rings. The molecular weight excluding hydrogens is 214 g/mol. The van der Waals surface area contributed by atoms with Crippen molar-refractivity contribution in [2.75, 3.05) is 11.9 Å². The van der Waals surface area contributed by atoms with E-state index < -0.39 is 5.97 Å². The number of aromatic nitrogens is 3. The first-order valence-corrected chi connectivity index (χ1v) is 4.78. The van der Waals surface area contributed by atoms with Gasteiger partial charge in [-0.3, -0.25) is 10.1 Å². The molecule has 0 aliphatic heterocycles. The smallest absolute Gasteiger partial charge is 0.327 e. The average Bonchev–Trinajstić information content (AvgIpc) is 2.61. The molecule has 0 aromatic carbocycles. The number of anilines is 1. The quantitative estimate of drug-likeness (QED) is 0.650. The Balaban J connectivity index is 2.45. The molecule has 3 N–H and O–H groups in total. The molecule has 0 atom stereocenters. The molecule has 0 radical (unpaired) electrons. The van der Waals surface area contributed by atoms with Gasteiger partial charge < -0.3 is 10.4 Å². The molecule has 8 heteroatoms. The lowest BCUT2D eigenvalue weighted by Crippen LogP contribution is -2.29. The van der Waals surface area contributed by atoms with Gasteiger partial charge in [-0.25, -0.2) is 4.79 Å². The Morgan fingerprint density at radius 2 is 2.31 bits per heavy atom. The van der Waals surface area contributed by atoms with Gasteiger partial charge in [-0.1, -0.05) is 6.92 Å². The number of nitrogens with one attached hydrogen (secondary N) is 2. The fourth-order valence-electron chi connectivity index (χ4n) is 0.951. The zero-order valence-electron chi connectivity index (χ0n) is 8.80. The van der Waals surface area contributed by atoms with Crippen LogP contribution in [-0.4, -0.2) is 38.6 Å². The van der Waals surface area contributed by atoms with E-state index in [-0.39, 0.29) is 18.4 Å². The normalized spacial score (nSPS) is 9.81. The van der Waals surface area contributed by atoms with E-state index in [0.29, 0.717) is 6.54 Å². The van der Waals surface area contributed by atoms with Crippen molar-refractivity contribution in [1.29, 1.82) is 0 Å². The summed E-state index contributed by atoms with van der Waals surface area (Å²) < 4.78 is 0. The highest BCUT2D eigenvalue weighted by molar-refractivity contribution is 5.87. The summed E-state index contributed by atoms with van der Waals surface area (Å²) in [6.45, 7) is 2.16. The molecule has 8 nitrogen and oxygen atoms in total. The van der Waals surface area contributed by atoms with Crippen LogP contribution in [0.2, 0.25) is 0 Å². The van der Waals surface area contributed by atoms with E-state index in [9.17, 15) is 9.59 Å². The van der Waals surface area contributed by atoms with Crippen LogP contribution in [0.3, 0.4) is 0 Å². The van der Waals surface area contributed by atoms with Gasteiger partial charge in [0.2, 0.25) is 0 Å². The van der Waals surface area contributed by atoms with E-state index >= 15 is 0 Å². The molecule has 1 aromatic heterocycles. The molecule has 0 unspecified atom stereocenters. The highest BCUT2D eigenvalue weighted by Gasteiger charge is 2.06. The van der Waals surface area contributed by atoms with Crippen molar-refractivity contribution in [2.24, 2.45) is 0 Å².